The third-order valence-corrected chi connectivity index (χ3v) is 5.26. The zero-order valence-electron chi connectivity index (χ0n) is 16.5. The Kier molecular flexibility index (Phi) is 5.74. The van der Waals surface area contributed by atoms with Crippen molar-refractivity contribution in [1.82, 2.24) is 29.3 Å². The second-order valence-corrected chi connectivity index (χ2v) is 9.42. The number of fused-ring (bicyclic) bond motifs is 1. The van der Waals surface area contributed by atoms with E-state index in [0.29, 0.717) is 39.1 Å². The zero-order valence-corrected chi connectivity index (χ0v) is 18.8. The molecule has 4 heterocycles. The van der Waals surface area contributed by atoms with Gasteiger partial charge in [0.25, 0.3) is 5.56 Å². The standard InChI is InChI=1S/C20H17Cl3N6O2/c1-11(30)8-29-10-25-18-14(19(29)31)5-16(27-17(18)12-6-26-28(2)9-12)15-4-3-13(7-24-15)20(21,22)23/h3-7,9-11,30H,8H2,1-2H3/t11-/m1/s1. The average molecular weight is 480 g/mol. The largest absolute Gasteiger partial charge is 0.392 e. The van der Waals surface area contributed by atoms with Crippen LogP contribution in [0.1, 0.15) is 12.5 Å². The van der Waals surface area contributed by atoms with E-state index in [1.54, 1.807) is 49.2 Å². The summed E-state index contributed by atoms with van der Waals surface area (Å²) in [5.41, 5.74) is 2.70. The van der Waals surface area contributed by atoms with Gasteiger partial charge in [-0.15, -0.1) is 0 Å². The summed E-state index contributed by atoms with van der Waals surface area (Å²) in [5, 5.41) is 14.2. The summed E-state index contributed by atoms with van der Waals surface area (Å²) >= 11 is 17.7. The molecular formula is C20H17Cl3N6O2. The quantitative estimate of drug-likeness (QED) is 0.450. The number of alkyl halides is 3. The van der Waals surface area contributed by atoms with Crippen molar-refractivity contribution < 1.29 is 5.11 Å². The van der Waals surface area contributed by atoms with Crippen LogP contribution in [0.25, 0.3) is 33.5 Å². The molecule has 0 aliphatic rings. The van der Waals surface area contributed by atoms with E-state index in [1.165, 1.54) is 17.1 Å². The molecule has 11 heteroatoms. The first kappa shape index (κ1) is 21.7. The molecule has 1 atom stereocenters. The zero-order chi connectivity index (χ0) is 22.3. The van der Waals surface area contributed by atoms with E-state index in [1.807, 2.05) is 0 Å². The summed E-state index contributed by atoms with van der Waals surface area (Å²) in [6, 6.07) is 4.93. The second-order valence-electron chi connectivity index (χ2n) is 7.14. The Morgan fingerprint density at radius 2 is 1.94 bits per heavy atom. The molecule has 8 nitrogen and oxygen atoms in total. The summed E-state index contributed by atoms with van der Waals surface area (Å²) in [6.45, 7) is 1.73. The minimum atomic E-state index is -1.60. The normalized spacial score (nSPS) is 13.0. The SMILES string of the molecule is C[C@@H](O)Cn1cnc2c(-c3cnn(C)c3)nc(-c3ccc(C(Cl)(Cl)Cl)cn3)cc2c1=O. The van der Waals surface area contributed by atoms with Crippen LogP contribution >= 0.6 is 34.8 Å². The maximum atomic E-state index is 13.1. The first-order valence-electron chi connectivity index (χ1n) is 9.24. The third kappa shape index (κ3) is 4.43. The molecule has 0 aromatic carbocycles. The number of aliphatic hydroxyl groups excluding tert-OH is 1. The van der Waals surface area contributed by atoms with Crippen molar-refractivity contribution in [3.8, 4) is 22.6 Å². The van der Waals surface area contributed by atoms with Crippen molar-refractivity contribution in [2.24, 2.45) is 7.05 Å². The molecule has 0 saturated heterocycles. The van der Waals surface area contributed by atoms with E-state index < -0.39 is 9.90 Å². The molecule has 4 rings (SSSR count). The average Bonchev–Trinajstić information content (AvgIpc) is 3.15. The lowest BCUT2D eigenvalue weighted by Gasteiger charge is -2.13. The Balaban J connectivity index is 1.95. The third-order valence-electron chi connectivity index (χ3n) is 4.60. The topological polar surface area (TPSA) is 98.7 Å². The smallest absolute Gasteiger partial charge is 0.261 e. The molecule has 0 aliphatic heterocycles. The van der Waals surface area contributed by atoms with E-state index in [9.17, 15) is 9.90 Å². The van der Waals surface area contributed by atoms with Crippen molar-refractivity contribution >= 4 is 45.7 Å². The number of halogens is 3. The molecule has 0 amide bonds. The van der Waals surface area contributed by atoms with Crippen LogP contribution in [0.4, 0.5) is 0 Å². The molecular weight excluding hydrogens is 463 g/mol. The van der Waals surface area contributed by atoms with Gasteiger partial charge in [0.05, 0.1) is 41.9 Å². The van der Waals surface area contributed by atoms with Gasteiger partial charge in [-0.05, 0) is 19.1 Å². The molecule has 0 aliphatic carbocycles. The van der Waals surface area contributed by atoms with E-state index in [2.05, 4.69) is 15.1 Å². The maximum absolute atomic E-state index is 13.1. The molecule has 0 bridgehead atoms. The van der Waals surface area contributed by atoms with Gasteiger partial charge in [0.2, 0.25) is 3.79 Å². The Morgan fingerprint density at radius 3 is 2.52 bits per heavy atom. The first-order valence-corrected chi connectivity index (χ1v) is 10.4. The molecule has 31 heavy (non-hydrogen) atoms. The van der Waals surface area contributed by atoms with E-state index in [0.717, 1.165) is 0 Å². The van der Waals surface area contributed by atoms with Crippen LogP contribution in [-0.4, -0.2) is 40.5 Å². The Bertz CT molecular complexity index is 1310. The highest BCUT2D eigenvalue weighted by Gasteiger charge is 2.23. The van der Waals surface area contributed by atoms with Crippen LogP contribution < -0.4 is 5.56 Å². The summed E-state index contributed by atoms with van der Waals surface area (Å²) in [4.78, 5) is 26.6. The Labute approximate surface area is 192 Å². The fraction of sp³-hybridized carbons (Fsp3) is 0.250. The number of aromatic nitrogens is 6. The van der Waals surface area contributed by atoms with Gasteiger partial charge in [-0.1, -0.05) is 40.9 Å². The molecule has 160 valence electrons. The molecule has 4 aromatic rings. The minimum absolute atomic E-state index is 0.123. The van der Waals surface area contributed by atoms with Crippen molar-refractivity contribution in [2.75, 3.05) is 0 Å². The molecule has 1 N–H and O–H groups in total. The van der Waals surface area contributed by atoms with Gasteiger partial charge in [0.15, 0.2) is 0 Å². The summed E-state index contributed by atoms with van der Waals surface area (Å²) < 4.78 is 1.41. The van der Waals surface area contributed by atoms with Gasteiger partial charge in [0, 0.05) is 30.6 Å². The van der Waals surface area contributed by atoms with Gasteiger partial charge < -0.3 is 5.11 Å². The van der Waals surface area contributed by atoms with Crippen molar-refractivity contribution in [1.29, 1.82) is 0 Å². The van der Waals surface area contributed by atoms with E-state index in [4.69, 9.17) is 39.8 Å². The number of nitrogens with zero attached hydrogens (tertiary/aromatic N) is 6. The van der Waals surface area contributed by atoms with Crippen LogP contribution in [0.3, 0.4) is 0 Å². The molecule has 4 aromatic heterocycles. The van der Waals surface area contributed by atoms with Crippen LogP contribution in [0.15, 0.2) is 47.9 Å². The van der Waals surface area contributed by atoms with Gasteiger partial charge >= 0.3 is 0 Å². The number of rotatable bonds is 4. The highest BCUT2D eigenvalue weighted by atomic mass is 35.6. The number of hydrogen-bond acceptors (Lipinski definition) is 6. The van der Waals surface area contributed by atoms with E-state index >= 15 is 0 Å². The van der Waals surface area contributed by atoms with Gasteiger partial charge in [-0.3, -0.25) is 19.0 Å². The number of aliphatic hydroxyl groups is 1. The number of pyridine rings is 2. The van der Waals surface area contributed by atoms with Crippen molar-refractivity contribution in [3.05, 3.63) is 59.0 Å². The summed E-state index contributed by atoms with van der Waals surface area (Å²) in [7, 11) is 1.79. The lowest BCUT2D eigenvalue weighted by atomic mass is 10.1. The molecule has 0 radical (unpaired) electrons. The second kappa shape index (κ2) is 8.20. The molecule has 0 fully saturated rings. The van der Waals surface area contributed by atoms with Crippen molar-refractivity contribution in [3.63, 3.8) is 0 Å². The lowest BCUT2D eigenvalue weighted by molar-refractivity contribution is 0.172. The van der Waals surface area contributed by atoms with Gasteiger partial charge in [0.1, 0.15) is 11.2 Å². The number of aryl methyl sites for hydroxylation is 1. The fourth-order valence-corrected chi connectivity index (χ4v) is 3.51. The fourth-order valence-electron chi connectivity index (χ4n) is 3.17. The molecule has 0 spiro atoms. The first-order chi connectivity index (χ1) is 14.6. The van der Waals surface area contributed by atoms with E-state index in [-0.39, 0.29) is 12.1 Å². The predicted molar refractivity (Wildman–Crippen MR) is 120 cm³/mol. The summed E-state index contributed by atoms with van der Waals surface area (Å²) in [6.07, 6.45) is 5.59. The molecule has 0 saturated carbocycles. The van der Waals surface area contributed by atoms with Crippen molar-refractivity contribution in [2.45, 2.75) is 23.4 Å². The van der Waals surface area contributed by atoms with Crippen LogP contribution in [0.2, 0.25) is 0 Å². The minimum Gasteiger partial charge on any atom is -0.392 e. The number of hydrogen-bond donors (Lipinski definition) is 1. The summed E-state index contributed by atoms with van der Waals surface area (Å²) in [5.74, 6) is 0. The van der Waals surface area contributed by atoms with Crippen LogP contribution in [-0.2, 0) is 17.4 Å². The molecule has 0 unspecified atom stereocenters. The van der Waals surface area contributed by atoms with Gasteiger partial charge in [-0.25, -0.2) is 9.97 Å². The highest BCUT2D eigenvalue weighted by molar-refractivity contribution is 6.66. The Hall–Kier alpha value is -2.52. The highest BCUT2D eigenvalue weighted by Crippen LogP contribution is 2.38. The predicted octanol–water partition coefficient (Wildman–Crippen LogP) is 3.46. The van der Waals surface area contributed by atoms with Crippen LogP contribution in [0.5, 0.6) is 0 Å². The maximum Gasteiger partial charge on any atom is 0.261 e. The van der Waals surface area contributed by atoms with Gasteiger partial charge in [-0.2, -0.15) is 5.10 Å². The van der Waals surface area contributed by atoms with Crippen LogP contribution in [0, 0.1) is 0 Å². The monoisotopic (exact) mass is 478 g/mol. The lowest BCUT2D eigenvalue weighted by Crippen LogP contribution is -2.25. The Morgan fingerprint density at radius 1 is 1.16 bits per heavy atom.